The molecule has 0 bridgehead atoms. The van der Waals surface area contributed by atoms with Crippen LogP contribution in [0.25, 0.3) is 0 Å². The molecule has 0 aliphatic rings. The van der Waals surface area contributed by atoms with E-state index in [0.29, 0.717) is 11.3 Å². The molecule has 17 heavy (non-hydrogen) atoms. The summed E-state index contributed by atoms with van der Waals surface area (Å²) in [7, 11) is 0. The lowest BCUT2D eigenvalue weighted by Gasteiger charge is -2.20. The highest BCUT2D eigenvalue weighted by Crippen LogP contribution is 2.20. The number of nitrogens with one attached hydrogen (secondary N) is 1. The summed E-state index contributed by atoms with van der Waals surface area (Å²) in [5, 5.41) is 16.4. The van der Waals surface area contributed by atoms with Gasteiger partial charge in [0.25, 0.3) is 5.91 Å². The van der Waals surface area contributed by atoms with E-state index in [1.165, 1.54) is 17.6 Å². The van der Waals surface area contributed by atoms with Crippen molar-refractivity contribution in [3.63, 3.8) is 0 Å². The Morgan fingerprint density at radius 3 is 3.00 bits per heavy atom. The number of amides is 1. The van der Waals surface area contributed by atoms with Gasteiger partial charge in [-0.25, -0.2) is 0 Å². The average Bonchev–Trinajstić information content (AvgIpc) is 2.97. The summed E-state index contributed by atoms with van der Waals surface area (Å²) >= 11 is 1.46. The number of furan rings is 1. The maximum absolute atomic E-state index is 11.7. The zero-order valence-electron chi connectivity index (χ0n) is 9.34. The lowest BCUT2D eigenvalue weighted by Crippen LogP contribution is -2.38. The van der Waals surface area contributed by atoms with Gasteiger partial charge in [0.2, 0.25) is 0 Å². The van der Waals surface area contributed by atoms with Crippen molar-refractivity contribution in [1.82, 2.24) is 5.32 Å². The van der Waals surface area contributed by atoms with E-state index in [9.17, 15) is 9.90 Å². The zero-order valence-corrected chi connectivity index (χ0v) is 10.2. The van der Waals surface area contributed by atoms with Crippen molar-refractivity contribution >= 4 is 17.2 Å². The first-order valence-electron chi connectivity index (χ1n) is 5.16. The van der Waals surface area contributed by atoms with Gasteiger partial charge < -0.3 is 14.8 Å². The minimum Gasteiger partial charge on any atom is -0.466 e. The summed E-state index contributed by atoms with van der Waals surface area (Å²) in [5.74, 6) is 0.237. The van der Waals surface area contributed by atoms with Gasteiger partial charge in [-0.3, -0.25) is 4.79 Å². The van der Waals surface area contributed by atoms with Crippen LogP contribution >= 0.6 is 11.3 Å². The summed E-state index contributed by atoms with van der Waals surface area (Å²) in [6, 6.07) is 5.11. The third kappa shape index (κ3) is 2.75. The third-order valence-corrected chi connectivity index (χ3v) is 3.11. The predicted octanol–water partition coefficient (Wildman–Crippen LogP) is 1.98. The second-order valence-corrected chi connectivity index (χ2v) is 4.73. The Bertz CT molecular complexity index is 474. The molecule has 0 fully saturated rings. The Morgan fingerprint density at radius 2 is 2.41 bits per heavy atom. The summed E-state index contributed by atoms with van der Waals surface area (Å²) in [6.07, 6.45) is 1.49. The molecule has 1 amide bonds. The molecular formula is C12H13NO3S. The number of rotatable bonds is 4. The summed E-state index contributed by atoms with van der Waals surface area (Å²) in [4.78, 5) is 11.7. The maximum Gasteiger partial charge on any atom is 0.252 e. The quantitative estimate of drug-likeness (QED) is 0.873. The van der Waals surface area contributed by atoms with Gasteiger partial charge in [0.05, 0.1) is 12.8 Å². The Morgan fingerprint density at radius 1 is 1.59 bits per heavy atom. The molecule has 2 rings (SSSR count). The first-order valence-corrected chi connectivity index (χ1v) is 6.10. The van der Waals surface area contributed by atoms with Crippen LogP contribution in [-0.4, -0.2) is 17.6 Å². The van der Waals surface area contributed by atoms with Crippen molar-refractivity contribution in [2.75, 3.05) is 6.54 Å². The minimum absolute atomic E-state index is 0.106. The van der Waals surface area contributed by atoms with Gasteiger partial charge in [0, 0.05) is 10.9 Å². The van der Waals surface area contributed by atoms with E-state index in [1.54, 1.807) is 30.5 Å². The van der Waals surface area contributed by atoms with Crippen molar-refractivity contribution in [1.29, 1.82) is 0 Å². The van der Waals surface area contributed by atoms with Gasteiger partial charge in [-0.05, 0) is 30.5 Å². The fourth-order valence-electron chi connectivity index (χ4n) is 1.42. The van der Waals surface area contributed by atoms with Crippen LogP contribution in [0.2, 0.25) is 0 Å². The molecule has 0 aliphatic carbocycles. The summed E-state index contributed by atoms with van der Waals surface area (Å²) in [6.45, 7) is 1.70. The van der Waals surface area contributed by atoms with Crippen LogP contribution in [0.15, 0.2) is 39.6 Å². The van der Waals surface area contributed by atoms with Crippen LogP contribution in [0.1, 0.15) is 23.0 Å². The normalized spacial score (nSPS) is 14.2. The highest BCUT2D eigenvalue weighted by Gasteiger charge is 2.26. The molecule has 90 valence electrons. The number of hydrogen-bond donors (Lipinski definition) is 2. The lowest BCUT2D eigenvalue weighted by atomic mass is 10.0. The molecule has 0 saturated heterocycles. The number of aliphatic hydroxyl groups is 1. The highest BCUT2D eigenvalue weighted by atomic mass is 32.1. The Labute approximate surface area is 103 Å². The highest BCUT2D eigenvalue weighted by molar-refractivity contribution is 7.08. The summed E-state index contributed by atoms with van der Waals surface area (Å²) < 4.78 is 5.12. The van der Waals surface area contributed by atoms with E-state index in [-0.39, 0.29) is 12.5 Å². The second-order valence-electron chi connectivity index (χ2n) is 3.95. The fourth-order valence-corrected chi connectivity index (χ4v) is 2.06. The van der Waals surface area contributed by atoms with Gasteiger partial charge in [-0.2, -0.15) is 11.3 Å². The smallest absolute Gasteiger partial charge is 0.252 e. The Kier molecular flexibility index (Phi) is 3.31. The van der Waals surface area contributed by atoms with Gasteiger partial charge in [-0.1, -0.05) is 0 Å². The molecule has 0 aliphatic heterocycles. The Hall–Kier alpha value is -1.59. The van der Waals surface area contributed by atoms with E-state index in [0.717, 1.165) is 0 Å². The van der Waals surface area contributed by atoms with E-state index in [4.69, 9.17) is 4.42 Å². The van der Waals surface area contributed by atoms with E-state index in [2.05, 4.69) is 5.32 Å². The molecule has 1 unspecified atom stereocenters. The number of carbonyl (C=O) groups is 1. The molecule has 5 heteroatoms. The molecule has 2 heterocycles. The molecule has 0 saturated carbocycles. The molecular weight excluding hydrogens is 238 g/mol. The first kappa shape index (κ1) is 11.9. The first-order chi connectivity index (χ1) is 8.09. The van der Waals surface area contributed by atoms with E-state index in [1.807, 2.05) is 5.38 Å². The van der Waals surface area contributed by atoms with E-state index < -0.39 is 5.60 Å². The van der Waals surface area contributed by atoms with Gasteiger partial charge >= 0.3 is 0 Å². The van der Waals surface area contributed by atoms with Crippen LogP contribution in [0.3, 0.4) is 0 Å². The van der Waals surface area contributed by atoms with Gasteiger partial charge in [0.1, 0.15) is 11.4 Å². The number of hydrogen-bond acceptors (Lipinski definition) is 4. The maximum atomic E-state index is 11.7. The summed E-state index contributed by atoms with van der Waals surface area (Å²) in [5.41, 5.74) is -0.597. The van der Waals surface area contributed by atoms with Crippen LogP contribution in [-0.2, 0) is 5.60 Å². The largest absolute Gasteiger partial charge is 0.466 e. The van der Waals surface area contributed by atoms with E-state index >= 15 is 0 Å². The second kappa shape index (κ2) is 4.73. The van der Waals surface area contributed by atoms with Crippen molar-refractivity contribution in [3.05, 3.63) is 46.5 Å². The predicted molar refractivity (Wildman–Crippen MR) is 64.9 cm³/mol. The monoisotopic (exact) mass is 251 g/mol. The average molecular weight is 251 g/mol. The van der Waals surface area contributed by atoms with Gasteiger partial charge in [0.15, 0.2) is 0 Å². The van der Waals surface area contributed by atoms with Crippen LogP contribution in [0.4, 0.5) is 0 Å². The van der Waals surface area contributed by atoms with Gasteiger partial charge in [-0.15, -0.1) is 0 Å². The molecule has 0 radical (unpaired) electrons. The fraction of sp³-hybridized carbons (Fsp3) is 0.250. The molecule has 0 aromatic carbocycles. The number of carbonyl (C=O) groups excluding carboxylic acids is 1. The molecule has 2 N–H and O–H groups in total. The van der Waals surface area contributed by atoms with Crippen molar-refractivity contribution in [2.24, 2.45) is 0 Å². The topological polar surface area (TPSA) is 62.5 Å². The molecule has 4 nitrogen and oxygen atoms in total. The lowest BCUT2D eigenvalue weighted by molar-refractivity contribution is 0.0330. The third-order valence-electron chi connectivity index (χ3n) is 2.43. The Balaban J connectivity index is 1.96. The zero-order chi connectivity index (χ0) is 12.3. The molecule has 2 aromatic heterocycles. The molecule has 2 aromatic rings. The van der Waals surface area contributed by atoms with Crippen molar-refractivity contribution in [2.45, 2.75) is 12.5 Å². The molecule has 0 spiro atoms. The SMILES string of the molecule is CC(O)(CNC(=O)c1ccsc1)c1ccco1. The standard InChI is InChI=1S/C12H13NO3S/c1-12(15,10-3-2-5-16-10)8-13-11(14)9-4-6-17-7-9/h2-7,15H,8H2,1H3,(H,13,14). The van der Waals surface area contributed by atoms with Crippen molar-refractivity contribution < 1.29 is 14.3 Å². The molecule has 1 atom stereocenters. The van der Waals surface area contributed by atoms with Crippen LogP contribution in [0, 0.1) is 0 Å². The number of thiophene rings is 1. The van der Waals surface area contributed by atoms with Crippen LogP contribution < -0.4 is 5.32 Å². The van der Waals surface area contributed by atoms with Crippen LogP contribution in [0.5, 0.6) is 0 Å². The minimum atomic E-state index is -1.20. The van der Waals surface area contributed by atoms with Crippen molar-refractivity contribution in [3.8, 4) is 0 Å².